The summed E-state index contributed by atoms with van der Waals surface area (Å²) < 4.78 is 16.2. The average molecular weight is 558 g/mol. The van der Waals surface area contributed by atoms with Crippen molar-refractivity contribution in [2.24, 2.45) is 5.92 Å². The van der Waals surface area contributed by atoms with E-state index in [4.69, 9.17) is 19.2 Å². The lowest BCUT2D eigenvalue weighted by Crippen LogP contribution is -2.49. The van der Waals surface area contributed by atoms with Crippen molar-refractivity contribution < 1.29 is 23.8 Å². The van der Waals surface area contributed by atoms with E-state index in [-0.39, 0.29) is 23.8 Å². The second kappa shape index (κ2) is 13.5. The van der Waals surface area contributed by atoms with Crippen LogP contribution in [0.4, 0.5) is 0 Å². The van der Waals surface area contributed by atoms with Gasteiger partial charge in [-0.3, -0.25) is 9.59 Å². The molecule has 2 amide bonds. The highest BCUT2D eigenvalue weighted by Gasteiger charge is 2.34. The Hall–Kier alpha value is -2.81. The number of ether oxygens (including phenoxy) is 3. The minimum absolute atomic E-state index is 0.0507. The molecule has 0 aliphatic heterocycles. The molecule has 2 aromatic rings. The molecule has 0 radical (unpaired) electrons. The van der Waals surface area contributed by atoms with E-state index < -0.39 is 0 Å². The predicted molar refractivity (Wildman–Crippen MR) is 153 cm³/mol. The molecule has 214 valence electrons. The molecule has 4 rings (SSSR count). The molecule has 8 nitrogen and oxygen atoms in total. The van der Waals surface area contributed by atoms with Crippen molar-refractivity contribution in [2.45, 2.75) is 96.2 Å². The third kappa shape index (κ3) is 6.68. The van der Waals surface area contributed by atoms with Crippen molar-refractivity contribution in [3.63, 3.8) is 0 Å². The third-order valence-electron chi connectivity index (χ3n) is 8.06. The fourth-order valence-electron chi connectivity index (χ4n) is 5.96. The van der Waals surface area contributed by atoms with Gasteiger partial charge in [0.25, 0.3) is 11.8 Å². The fourth-order valence-corrected chi connectivity index (χ4v) is 6.97. The van der Waals surface area contributed by atoms with E-state index in [0.717, 1.165) is 30.7 Å². The standard InChI is InChI=1S/C30H43N3O5S/c1-19(2)26(32-28(34)20-16-24(36-3)27(38-5)25(17-20)37-4)29-31-23(18-39-29)30(35)33(21-12-8-6-9-13-21)22-14-10-7-11-15-22/h16-19,21-22,26H,6-15H2,1-5H3,(H,32,34). The lowest BCUT2D eigenvalue weighted by atomic mass is 9.88. The van der Waals surface area contributed by atoms with Gasteiger partial charge in [0.1, 0.15) is 10.7 Å². The van der Waals surface area contributed by atoms with E-state index >= 15 is 0 Å². The van der Waals surface area contributed by atoms with Crippen LogP contribution in [-0.4, -0.2) is 55.1 Å². The SMILES string of the molecule is COc1cc(C(=O)NC(c2nc(C(=O)N(C3CCCCC3)C3CCCCC3)cs2)C(C)C)cc(OC)c1OC. The molecule has 1 unspecified atom stereocenters. The molecule has 2 fully saturated rings. The van der Waals surface area contributed by atoms with Crippen LogP contribution >= 0.6 is 11.3 Å². The Balaban J connectivity index is 1.56. The van der Waals surface area contributed by atoms with Crippen LogP contribution < -0.4 is 19.5 Å². The number of hydrogen-bond donors (Lipinski definition) is 1. The first-order valence-electron chi connectivity index (χ1n) is 14.3. The van der Waals surface area contributed by atoms with Gasteiger partial charge in [0.15, 0.2) is 11.5 Å². The summed E-state index contributed by atoms with van der Waals surface area (Å²) in [6.07, 6.45) is 11.6. The van der Waals surface area contributed by atoms with Crippen molar-refractivity contribution in [2.75, 3.05) is 21.3 Å². The second-order valence-electron chi connectivity index (χ2n) is 11.0. The maximum atomic E-state index is 13.9. The van der Waals surface area contributed by atoms with E-state index in [2.05, 4.69) is 10.2 Å². The predicted octanol–water partition coefficient (Wildman–Crippen LogP) is 6.40. The van der Waals surface area contributed by atoms with Gasteiger partial charge in [-0.2, -0.15) is 0 Å². The number of rotatable bonds is 10. The second-order valence-corrected chi connectivity index (χ2v) is 11.9. The van der Waals surface area contributed by atoms with E-state index in [1.807, 2.05) is 19.2 Å². The number of hydrogen-bond acceptors (Lipinski definition) is 7. The van der Waals surface area contributed by atoms with Gasteiger partial charge >= 0.3 is 0 Å². The van der Waals surface area contributed by atoms with Gasteiger partial charge in [0.05, 0.1) is 27.4 Å². The van der Waals surface area contributed by atoms with Gasteiger partial charge in [-0.1, -0.05) is 52.4 Å². The zero-order valence-corrected chi connectivity index (χ0v) is 24.8. The largest absolute Gasteiger partial charge is 0.493 e. The Morgan fingerprint density at radius 3 is 1.90 bits per heavy atom. The van der Waals surface area contributed by atoms with Crippen LogP contribution in [0.25, 0.3) is 0 Å². The number of carbonyl (C=O) groups excluding carboxylic acids is 2. The Morgan fingerprint density at radius 2 is 1.44 bits per heavy atom. The Kier molecular flexibility index (Phi) is 10.1. The lowest BCUT2D eigenvalue weighted by Gasteiger charge is -2.41. The smallest absolute Gasteiger partial charge is 0.273 e. The molecule has 1 atom stereocenters. The molecule has 1 heterocycles. The summed E-state index contributed by atoms with van der Waals surface area (Å²) in [6.45, 7) is 4.08. The summed E-state index contributed by atoms with van der Waals surface area (Å²) in [6, 6.07) is 3.54. The number of benzene rings is 1. The van der Waals surface area contributed by atoms with Gasteiger partial charge in [-0.05, 0) is 43.7 Å². The summed E-state index contributed by atoms with van der Waals surface area (Å²) >= 11 is 1.44. The molecule has 2 aliphatic carbocycles. The van der Waals surface area contributed by atoms with Crippen LogP contribution in [0.2, 0.25) is 0 Å². The van der Waals surface area contributed by atoms with Crippen molar-refractivity contribution in [1.29, 1.82) is 0 Å². The molecule has 2 saturated carbocycles. The third-order valence-corrected chi connectivity index (χ3v) is 8.99. The molecule has 0 saturated heterocycles. The highest BCUT2D eigenvalue weighted by Crippen LogP contribution is 2.39. The first-order valence-corrected chi connectivity index (χ1v) is 15.1. The number of thiazole rings is 1. The lowest BCUT2D eigenvalue weighted by molar-refractivity contribution is 0.0443. The van der Waals surface area contributed by atoms with Crippen molar-refractivity contribution in [1.82, 2.24) is 15.2 Å². The van der Waals surface area contributed by atoms with Gasteiger partial charge in [0.2, 0.25) is 5.75 Å². The number of nitrogens with zero attached hydrogens (tertiary/aromatic N) is 2. The van der Waals surface area contributed by atoms with Crippen molar-refractivity contribution >= 4 is 23.2 Å². The topological polar surface area (TPSA) is 90.0 Å². The molecular formula is C30H43N3O5S. The van der Waals surface area contributed by atoms with Crippen molar-refractivity contribution in [3.8, 4) is 17.2 Å². The van der Waals surface area contributed by atoms with Crippen LogP contribution in [-0.2, 0) is 0 Å². The van der Waals surface area contributed by atoms with Crippen LogP contribution in [0.15, 0.2) is 17.5 Å². The Morgan fingerprint density at radius 1 is 0.897 bits per heavy atom. The van der Waals surface area contributed by atoms with E-state index in [1.165, 1.54) is 71.2 Å². The monoisotopic (exact) mass is 557 g/mol. The molecule has 0 spiro atoms. The van der Waals surface area contributed by atoms with Crippen LogP contribution in [0.3, 0.4) is 0 Å². The van der Waals surface area contributed by atoms with E-state index in [0.29, 0.717) is 40.6 Å². The van der Waals surface area contributed by atoms with Crippen molar-refractivity contribution in [3.05, 3.63) is 33.8 Å². The zero-order chi connectivity index (χ0) is 27.9. The number of methoxy groups -OCH3 is 3. The minimum atomic E-state index is -0.346. The molecule has 1 aromatic heterocycles. The van der Waals surface area contributed by atoms with E-state index in [1.54, 1.807) is 12.1 Å². The molecule has 0 bridgehead atoms. The van der Waals surface area contributed by atoms with E-state index in [9.17, 15) is 9.59 Å². The van der Waals surface area contributed by atoms with Gasteiger partial charge in [-0.25, -0.2) is 4.98 Å². The molecule has 39 heavy (non-hydrogen) atoms. The number of carbonyl (C=O) groups is 2. The van der Waals surface area contributed by atoms with Crippen LogP contribution in [0.5, 0.6) is 17.2 Å². The number of nitrogens with one attached hydrogen (secondary N) is 1. The first-order chi connectivity index (χ1) is 18.9. The first kappa shape index (κ1) is 29.2. The molecule has 1 N–H and O–H groups in total. The number of amides is 2. The highest BCUT2D eigenvalue weighted by molar-refractivity contribution is 7.09. The summed E-state index contributed by atoms with van der Waals surface area (Å²) in [4.78, 5) is 34.3. The maximum absolute atomic E-state index is 13.9. The van der Waals surface area contributed by atoms with Gasteiger partial charge < -0.3 is 24.4 Å². The highest BCUT2D eigenvalue weighted by atomic mass is 32.1. The van der Waals surface area contributed by atoms with Gasteiger partial charge in [0, 0.05) is 23.0 Å². The minimum Gasteiger partial charge on any atom is -0.493 e. The quantitative estimate of drug-likeness (QED) is 0.363. The van der Waals surface area contributed by atoms with Gasteiger partial charge in [-0.15, -0.1) is 11.3 Å². The normalized spacial score (nSPS) is 17.5. The summed E-state index contributed by atoms with van der Waals surface area (Å²) in [5, 5.41) is 5.74. The number of aromatic nitrogens is 1. The summed E-state index contributed by atoms with van der Waals surface area (Å²) in [5.41, 5.74) is 0.891. The maximum Gasteiger partial charge on any atom is 0.273 e. The molecular weight excluding hydrogens is 514 g/mol. The van der Waals surface area contributed by atoms with Crippen LogP contribution in [0, 0.1) is 5.92 Å². The molecule has 2 aliphatic rings. The zero-order valence-electron chi connectivity index (χ0n) is 24.0. The average Bonchev–Trinajstić information content (AvgIpc) is 3.46. The summed E-state index contributed by atoms with van der Waals surface area (Å²) in [7, 11) is 4.57. The molecule has 1 aromatic carbocycles. The Bertz CT molecular complexity index is 1080. The molecule has 9 heteroatoms. The summed E-state index contributed by atoms with van der Waals surface area (Å²) in [5.74, 6) is 1.10. The Labute approximate surface area is 236 Å². The fraction of sp³-hybridized carbons (Fsp3) is 0.633. The van der Waals surface area contributed by atoms with Crippen LogP contribution in [0.1, 0.15) is 110 Å².